The van der Waals surface area contributed by atoms with Crippen molar-refractivity contribution in [3.63, 3.8) is 0 Å². The fourth-order valence-electron chi connectivity index (χ4n) is 3.12. The second-order valence-electron chi connectivity index (χ2n) is 6.96. The lowest BCUT2D eigenvalue weighted by Crippen LogP contribution is -2.12. The molecule has 3 aromatic carbocycles. The summed E-state index contributed by atoms with van der Waals surface area (Å²) in [4.78, 5) is 17.1. The highest BCUT2D eigenvalue weighted by Crippen LogP contribution is 2.27. The third-order valence-electron chi connectivity index (χ3n) is 4.84. The fraction of sp³-hybridized carbons (Fsp3) is 0.120. The molecule has 0 aliphatic heterocycles. The number of para-hydroxylation sites is 1. The van der Waals surface area contributed by atoms with Crippen LogP contribution in [-0.2, 0) is 6.42 Å². The molecule has 0 atom stereocenters. The van der Waals surface area contributed by atoms with Gasteiger partial charge in [0.2, 0.25) is 0 Å². The summed E-state index contributed by atoms with van der Waals surface area (Å²) < 4.78 is 6.38. The van der Waals surface area contributed by atoms with Gasteiger partial charge in [-0.25, -0.2) is 4.98 Å². The Morgan fingerprint density at radius 3 is 2.67 bits per heavy atom. The van der Waals surface area contributed by atoms with Crippen LogP contribution in [0.4, 0.5) is 5.69 Å². The number of fused-ring (bicyclic) bond motifs is 1. The number of hydrogen-bond donors (Lipinski definition) is 1. The molecule has 1 aromatic heterocycles. The van der Waals surface area contributed by atoms with Crippen LogP contribution in [-0.4, -0.2) is 18.0 Å². The minimum Gasteiger partial charge on any atom is -0.497 e. The molecule has 0 bridgehead atoms. The van der Waals surface area contributed by atoms with Crippen LogP contribution in [0.1, 0.15) is 26.5 Å². The zero-order valence-corrected chi connectivity index (χ0v) is 17.7. The average molecular weight is 415 g/mol. The van der Waals surface area contributed by atoms with E-state index in [2.05, 4.69) is 16.4 Å². The molecule has 150 valence electrons. The van der Waals surface area contributed by atoms with Gasteiger partial charge < -0.3 is 10.1 Å². The number of aromatic nitrogens is 1. The summed E-state index contributed by atoms with van der Waals surface area (Å²) in [6.45, 7) is 1.98. The number of benzene rings is 3. The highest BCUT2D eigenvalue weighted by Gasteiger charge is 2.07. The Morgan fingerprint density at radius 1 is 1.10 bits per heavy atom. The van der Waals surface area contributed by atoms with Crippen LogP contribution in [0.3, 0.4) is 0 Å². The summed E-state index contributed by atoms with van der Waals surface area (Å²) in [6.07, 6.45) is 4.91. The Kier molecular flexibility index (Phi) is 5.91. The molecule has 0 aliphatic rings. The highest BCUT2D eigenvalue weighted by molar-refractivity contribution is 7.19. The number of carbonyl (C=O) groups is 1. The van der Waals surface area contributed by atoms with Crippen molar-refractivity contribution in [2.75, 3.05) is 12.4 Å². The standard InChI is InChI=1S/C25H22N2O2S/c1-17-6-3-4-8-21(17)27-25(28)19-12-10-18(11-13-19)7-5-9-24-26-22-15-14-20(29-2)16-23(22)30-24/h3-6,8-16H,7H2,1-2H3,(H,27,28)/b9-5-. The number of nitrogens with zero attached hydrogens (tertiary/aromatic N) is 1. The molecule has 0 fully saturated rings. The number of amides is 1. The molecule has 1 heterocycles. The summed E-state index contributed by atoms with van der Waals surface area (Å²) in [6, 6.07) is 21.4. The van der Waals surface area contributed by atoms with Crippen LogP contribution in [0.5, 0.6) is 5.75 Å². The van der Waals surface area contributed by atoms with Gasteiger partial charge in [-0.3, -0.25) is 4.79 Å². The Labute approximate surface area is 179 Å². The first-order valence-electron chi connectivity index (χ1n) is 9.69. The minimum atomic E-state index is -0.101. The summed E-state index contributed by atoms with van der Waals surface area (Å²) in [5.74, 6) is 0.740. The van der Waals surface area contributed by atoms with E-state index < -0.39 is 0 Å². The number of carbonyl (C=O) groups excluding carboxylic acids is 1. The molecule has 1 amide bonds. The molecular weight excluding hydrogens is 392 g/mol. The number of hydrogen-bond acceptors (Lipinski definition) is 4. The molecule has 0 saturated heterocycles. The zero-order valence-electron chi connectivity index (χ0n) is 16.9. The molecule has 0 aliphatic carbocycles. The highest BCUT2D eigenvalue weighted by atomic mass is 32.1. The normalized spacial score (nSPS) is 11.1. The lowest BCUT2D eigenvalue weighted by Gasteiger charge is -2.08. The van der Waals surface area contributed by atoms with Crippen molar-refractivity contribution in [1.29, 1.82) is 0 Å². The number of anilines is 1. The predicted molar refractivity (Wildman–Crippen MR) is 124 cm³/mol. The largest absolute Gasteiger partial charge is 0.497 e. The number of methoxy groups -OCH3 is 1. The molecule has 4 rings (SSSR count). The van der Waals surface area contributed by atoms with Crippen LogP contribution in [0.25, 0.3) is 16.3 Å². The Balaban J connectivity index is 1.38. The molecule has 30 heavy (non-hydrogen) atoms. The third-order valence-corrected chi connectivity index (χ3v) is 5.82. The maximum absolute atomic E-state index is 12.5. The SMILES string of the molecule is COc1ccc2nc(/C=C\Cc3ccc(C(=O)Nc4ccccc4C)cc3)sc2c1. The maximum atomic E-state index is 12.5. The smallest absolute Gasteiger partial charge is 0.255 e. The van der Waals surface area contributed by atoms with Gasteiger partial charge in [-0.05, 0) is 66.9 Å². The summed E-state index contributed by atoms with van der Waals surface area (Å²) in [5.41, 5.74) is 4.64. The average Bonchev–Trinajstić information content (AvgIpc) is 3.17. The maximum Gasteiger partial charge on any atom is 0.255 e. The molecular formula is C25H22N2O2S. The Morgan fingerprint density at radius 2 is 1.90 bits per heavy atom. The third kappa shape index (κ3) is 4.58. The van der Waals surface area contributed by atoms with Crippen LogP contribution in [0, 0.1) is 6.92 Å². The van der Waals surface area contributed by atoms with Crippen molar-refractivity contribution < 1.29 is 9.53 Å². The van der Waals surface area contributed by atoms with Gasteiger partial charge in [0, 0.05) is 11.3 Å². The molecule has 4 nitrogen and oxygen atoms in total. The van der Waals surface area contributed by atoms with E-state index in [1.807, 2.05) is 79.7 Å². The Bertz CT molecular complexity index is 1210. The van der Waals surface area contributed by atoms with Crippen molar-refractivity contribution in [1.82, 2.24) is 4.98 Å². The van der Waals surface area contributed by atoms with E-state index in [-0.39, 0.29) is 5.91 Å². The lowest BCUT2D eigenvalue weighted by molar-refractivity contribution is 0.102. The first kappa shape index (κ1) is 19.9. The topological polar surface area (TPSA) is 51.2 Å². The van der Waals surface area contributed by atoms with Crippen molar-refractivity contribution in [2.45, 2.75) is 13.3 Å². The van der Waals surface area contributed by atoms with Crippen LogP contribution in [0.2, 0.25) is 0 Å². The zero-order chi connectivity index (χ0) is 20.9. The van der Waals surface area contributed by atoms with Gasteiger partial charge in [-0.15, -0.1) is 11.3 Å². The number of aryl methyl sites for hydroxylation is 1. The molecule has 4 aromatic rings. The second kappa shape index (κ2) is 8.93. The lowest BCUT2D eigenvalue weighted by atomic mass is 10.1. The number of ether oxygens (including phenoxy) is 1. The van der Waals surface area contributed by atoms with E-state index in [1.165, 1.54) is 0 Å². The first-order chi connectivity index (χ1) is 14.6. The van der Waals surface area contributed by atoms with E-state index in [4.69, 9.17) is 4.74 Å². The minimum absolute atomic E-state index is 0.101. The van der Waals surface area contributed by atoms with Crippen LogP contribution in [0.15, 0.2) is 72.8 Å². The Hall–Kier alpha value is -3.44. The van der Waals surface area contributed by atoms with E-state index in [1.54, 1.807) is 18.4 Å². The molecule has 0 unspecified atom stereocenters. The number of nitrogens with one attached hydrogen (secondary N) is 1. The predicted octanol–water partition coefficient (Wildman–Crippen LogP) is 6.12. The van der Waals surface area contributed by atoms with E-state index >= 15 is 0 Å². The van der Waals surface area contributed by atoms with Gasteiger partial charge >= 0.3 is 0 Å². The quantitative estimate of drug-likeness (QED) is 0.413. The van der Waals surface area contributed by atoms with Crippen molar-refractivity contribution in [2.24, 2.45) is 0 Å². The molecule has 0 radical (unpaired) electrons. The van der Waals surface area contributed by atoms with Crippen molar-refractivity contribution in [3.8, 4) is 5.75 Å². The van der Waals surface area contributed by atoms with E-state index in [9.17, 15) is 4.79 Å². The van der Waals surface area contributed by atoms with E-state index in [0.29, 0.717) is 5.56 Å². The summed E-state index contributed by atoms with van der Waals surface area (Å²) in [5, 5.41) is 3.93. The van der Waals surface area contributed by atoms with Crippen molar-refractivity contribution in [3.05, 3.63) is 94.5 Å². The van der Waals surface area contributed by atoms with Gasteiger partial charge in [0.1, 0.15) is 10.8 Å². The fourth-order valence-corrected chi connectivity index (χ4v) is 4.04. The number of allylic oxidation sites excluding steroid dienone is 1. The molecule has 1 N–H and O–H groups in total. The molecule has 0 spiro atoms. The summed E-state index contributed by atoms with van der Waals surface area (Å²) in [7, 11) is 1.67. The summed E-state index contributed by atoms with van der Waals surface area (Å²) >= 11 is 1.64. The molecule has 5 heteroatoms. The van der Waals surface area contributed by atoms with Gasteiger partial charge in [0.25, 0.3) is 5.91 Å². The first-order valence-corrected chi connectivity index (χ1v) is 10.5. The van der Waals surface area contributed by atoms with Crippen LogP contribution < -0.4 is 10.1 Å². The van der Waals surface area contributed by atoms with E-state index in [0.717, 1.165) is 44.2 Å². The number of rotatable bonds is 6. The van der Waals surface area contributed by atoms with Crippen molar-refractivity contribution >= 4 is 39.2 Å². The monoisotopic (exact) mass is 414 g/mol. The van der Waals surface area contributed by atoms with Crippen LogP contribution >= 0.6 is 11.3 Å². The van der Waals surface area contributed by atoms with Gasteiger partial charge in [-0.2, -0.15) is 0 Å². The van der Waals surface area contributed by atoms with Gasteiger partial charge in [-0.1, -0.05) is 36.4 Å². The second-order valence-corrected chi connectivity index (χ2v) is 8.02. The molecule has 0 saturated carbocycles. The number of thiazole rings is 1. The van der Waals surface area contributed by atoms with Gasteiger partial charge in [0.05, 0.1) is 17.3 Å². The van der Waals surface area contributed by atoms with Gasteiger partial charge in [0.15, 0.2) is 0 Å².